The Bertz CT molecular complexity index is 795. The van der Waals surface area contributed by atoms with E-state index in [2.05, 4.69) is 4.90 Å². The van der Waals surface area contributed by atoms with Gasteiger partial charge in [0.05, 0.1) is 10.5 Å². The van der Waals surface area contributed by atoms with Crippen molar-refractivity contribution in [3.8, 4) is 5.75 Å². The Labute approximate surface area is 176 Å². The number of ether oxygens (including phenoxy) is 1. The minimum Gasteiger partial charge on any atom is -0.468 e. The fourth-order valence-corrected chi connectivity index (χ4v) is 5.00. The summed E-state index contributed by atoms with van der Waals surface area (Å²) in [6.07, 6.45) is 7.93. The normalized spacial score (nSPS) is 22.7. The van der Waals surface area contributed by atoms with Crippen molar-refractivity contribution in [1.29, 1.82) is 0 Å². The minimum absolute atomic E-state index is 0.0440. The first kappa shape index (κ1) is 22.2. The zero-order valence-electron chi connectivity index (χ0n) is 17.5. The van der Waals surface area contributed by atoms with Crippen molar-refractivity contribution in [2.75, 3.05) is 6.54 Å². The third kappa shape index (κ3) is 5.16. The number of nitrogens with two attached hydrogens (primary N) is 1. The van der Waals surface area contributed by atoms with Gasteiger partial charge in [-0.25, -0.2) is 0 Å². The highest BCUT2D eigenvalue weighted by molar-refractivity contribution is 5.99. The number of amides is 1. The standard InChI is InChI=1S/C22H31N3O5/c1-15(26)17-9-4-11-19(22(17)25(28)29)30-21(13-5-12-20(23)27)24-14-6-8-16-7-2-3-10-18(16)24/h4,9,11,16,18,21H,2-3,5-8,10,12-14H2,1H3,(H2,23,27). The lowest BCUT2D eigenvalue weighted by Gasteiger charge is -2.47. The fraction of sp³-hybridized carbons (Fsp3) is 0.636. The highest BCUT2D eigenvalue weighted by Gasteiger charge is 2.38. The largest absolute Gasteiger partial charge is 0.468 e. The third-order valence-electron chi connectivity index (χ3n) is 6.35. The van der Waals surface area contributed by atoms with E-state index in [-0.39, 0.29) is 35.1 Å². The van der Waals surface area contributed by atoms with Crippen LogP contribution in [0.2, 0.25) is 0 Å². The van der Waals surface area contributed by atoms with E-state index in [0.29, 0.717) is 24.8 Å². The number of nitro groups is 1. The Kier molecular flexibility index (Phi) is 7.42. The molecule has 0 radical (unpaired) electrons. The van der Waals surface area contributed by atoms with Gasteiger partial charge in [-0.2, -0.15) is 0 Å². The summed E-state index contributed by atoms with van der Waals surface area (Å²) in [5.74, 6) is -0.0155. The van der Waals surface area contributed by atoms with Crippen LogP contribution in [0.5, 0.6) is 5.75 Å². The maximum absolute atomic E-state index is 11.9. The fourth-order valence-electron chi connectivity index (χ4n) is 5.00. The molecule has 1 aromatic rings. The molecule has 8 heteroatoms. The zero-order valence-corrected chi connectivity index (χ0v) is 17.5. The highest BCUT2D eigenvalue weighted by atomic mass is 16.6. The van der Waals surface area contributed by atoms with E-state index >= 15 is 0 Å². The number of carbonyl (C=O) groups is 2. The van der Waals surface area contributed by atoms with Crippen LogP contribution in [-0.2, 0) is 4.79 Å². The first-order valence-electron chi connectivity index (χ1n) is 10.9. The van der Waals surface area contributed by atoms with Gasteiger partial charge >= 0.3 is 5.69 Å². The number of rotatable bonds is 9. The number of fused-ring (bicyclic) bond motifs is 1. The van der Waals surface area contributed by atoms with Crippen molar-refractivity contribution < 1.29 is 19.2 Å². The summed E-state index contributed by atoms with van der Waals surface area (Å²) >= 11 is 0. The number of nitrogens with zero attached hydrogens (tertiary/aromatic N) is 2. The summed E-state index contributed by atoms with van der Waals surface area (Å²) in [6.45, 7) is 2.18. The van der Waals surface area contributed by atoms with E-state index < -0.39 is 11.2 Å². The maximum Gasteiger partial charge on any atom is 0.321 e. The van der Waals surface area contributed by atoms with Crippen molar-refractivity contribution in [3.63, 3.8) is 0 Å². The van der Waals surface area contributed by atoms with Gasteiger partial charge in [0, 0.05) is 19.0 Å². The Balaban J connectivity index is 1.89. The predicted octanol–water partition coefficient (Wildman–Crippen LogP) is 3.81. The van der Waals surface area contributed by atoms with Gasteiger partial charge < -0.3 is 10.5 Å². The molecule has 3 rings (SSSR count). The number of primary amides is 1. The Morgan fingerprint density at radius 1 is 1.27 bits per heavy atom. The SMILES string of the molecule is CC(=O)c1cccc(OC(CCCC(N)=O)N2CCCC3CCCCC32)c1[N+](=O)[O-]. The van der Waals surface area contributed by atoms with Crippen LogP contribution in [0.1, 0.15) is 75.1 Å². The number of hydrogen-bond donors (Lipinski definition) is 1. The van der Waals surface area contributed by atoms with Crippen LogP contribution in [0, 0.1) is 16.0 Å². The van der Waals surface area contributed by atoms with Crippen molar-refractivity contribution in [2.45, 2.75) is 77.0 Å². The lowest BCUT2D eigenvalue weighted by atomic mass is 9.78. The van der Waals surface area contributed by atoms with Gasteiger partial charge in [-0.3, -0.25) is 24.6 Å². The second-order valence-corrected chi connectivity index (χ2v) is 8.39. The molecule has 2 N–H and O–H groups in total. The molecular weight excluding hydrogens is 386 g/mol. The number of nitro benzene ring substituents is 1. The van der Waals surface area contributed by atoms with E-state index in [9.17, 15) is 19.7 Å². The first-order valence-corrected chi connectivity index (χ1v) is 10.9. The van der Waals surface area contributed by atoms with E-state index in [1.807, 2.05) is 0 Å². The molecule has 164 valence electrons. The van der Waals surface area contributed by atoms with E-state index in [4.69, 9.17) is 10.5 Å². The Morgan fingerprint density at radius 2 is 2.00 bits per heavy atom. The lowest BCUT2D eigenvalue weighted by Crippen LogP contribution is -2.53. The topological polar surface area (TPSA) is 116 Å². The van der Waals surface area contributed by atoms with E-state index in [1.54, 1.807) is 12.1 Å². The summed E-state index contributed by atoms with van der Waals surface area (Å²) in [4.78, 5) is 36.7. The molecule has 1 aliphatic carbocycles. The van der Waals surface area contributed by atoms with E-state index in [1.165, 1.54) is 38.7 Å². The smallest absolute Gasteiger partial charge is 0.321 e. The molecule has 3 unspecified atom stereocenters. The van der Waals surface area contributed by atoms with Gasteiger partial charge in [-0.05, 0) is 63.5 Å². The quantitative estimate of drug-likeness (QED) is 0.371. The van der Waals surface area contributed by atoms with Crippen LogP contribution in [0.25, 0.3) is 0 Å². The number of hydrogen-bond acceptors (Lipinski definition) is 6. The molecule has 2 aliphatic rings. The lowest BCUT2D eigenvalue weighted by molar-refractivity contribution is -0.386. The molecular formula is C22H31N3O5. The van der Waals surface area contributed by atoms with Gasteiger partial charge in [0.25, 0.3) is 0 Å². The minimum atomic E-state index is -0.549. The second-order valence-electron chi connectivity index (χ2n) is 8.39. The predicted molar refractivity (Wildman–Crippen MR) is 112 cm³/mol. The molecule has 0 aromatic heterocycles. The number of para-hydroxylation sites is 1. The van der Waals surface area contributed by atoms with Gasteiger partial charge in [0.2, 0.25) is 5.91 Å². The molecule has 3 atom stereocenters. The summed E-state index contributed by atoms with van der Waals surface area (Å²) in [5, 5.41) is 11.7. The molecule has 2 fully saturated rings. The molecule has 1 heterocycles. The number of piperidine rings is 1. The molecule has 1 saturated carbocycles. The maximum atomic E-state index is 11.9. The van der Waals surface area contributed by atoms with Crippen LogP contribution < -0.4 is 10.5 Å². The highest BCUT2D eigenvalue weighted by Crippen LogP contribution is 2.39. The van der Waals surface area contributed by atoms with Crippen molar-refractivity contribution in [3.05, 3.63) is 33.9 Å². The average Bonchev–Trinajstić information content (AvgIpc) is 2.72. The van der Waals surface area contributed by atoms with Crippen molar-refractivity contribution in [1.82, 2.24) is 4.90 Å². The average molecular weight is 418 g/mol. The van der Waals surface area contributed by atoms with Crippen molar-refractivity contribution >= 4 is 17.4 Å². The number of Topliss-reactive ketones (excluding diaryl/α,β-unsaturated/α-hetero) is 1. The van der Waals surface area contributed by atoms with Crippen LogP contribution in [-0.4, -0.2) is 40.3 Å². The van der Waals surface area contributed by atoms with E-state index in [0.717, 1.165) is 19.4 Å². The van der Waals surface area contributed by atoms with Gasteiger partial charge in [0.1, 0.15) is 0 Å². The summed E-state index contributed by atoms with van der Waals surface area (Å²) < 4.78 is 6.25. The number of benzene rings is 1. The summed E-state index contributed by atoms with van der Waals surface area (Å²) in [7, 11) is 0. The molecule has 1 amide bonds. The molecule has 0 bridgehead atoms. The van der Waals surface area contributed by atoms with Crippen LogP contribution in [0.3, 0.4) is 0 Å². The molecule has 1 aromatic carbocycles. The van der Waals surface area contributed by atoms with Crippen LogP contribution in [0.4, 0.5) is 5.69 Å². The molecule has 1 saturated heterocycles. The zero-order chi connectivity index (χ0) is 21.7. The number of likely N-dealkylation sites (tertiary alicyclic amines) is 1. The molecule has 1 aliphatic heterocycles. The molecule has 0 spiro atoms. The Morgan fingerprint density at radius 3 is 2.70 bits per heavy atom. The second kappa shape index (κ2) is 10.0. The number of carbonyl (C=O) groups excluding carboxylic acids is 2. The molecule has 30 heavy (non-hydrogen) atoms. The van der Waals surface area contributed by atoms with Gasteiger partial charge in [-0.1, -0.05) is 18.9 Å². The van der Waals surface area contributed by atoms with Gasteiger partial charge in [0.15, 0.2) is 17.8 Å². The number of ketones is 1. The third-order valence-corrected chi connectivity index (χ3v) is 6.35. The van der Waals surface area contributed by atoms with Crippen LogP contribution >= 0.6 is 0 Å². The molecule has 8 nitrogen and oxygen atoms in total. The summed E-state index contributed by atoms with van der Waals surface area (Å²) in [6, 6.07) is 5.00. The monoisotopic (exact) mass is 417 g/mol. The van der Waals surface area contributed by atoms with Crippen molar-refractivity contribution in [2.24, 2.45) is 11.7 Å². The van der Waals surface area contributed by atoms with Crippen LogP contribution in [0.15, 0.2) is 18.2 Å². The Hall–Kier alpha value is -2.48. The summed E-state index contributed by atoms with van der Waals surface area (Å²) in [5.41, 5.74) is 5.07. The first-order chi connectivity index (χ1) is 14.4. The van der Waals surface area contributed by atoms with Gasteiger partial charge in [-0.15, -0.1) is 0 Å².